The molecule has 1 atom stereocenters. The van der Waals surface area contributed by atoms with E-state index in [1.807, 2.05) is 41.1 Å². The van der Waals surface area contributed by atoms with E-state index in [1.165, 1.54) is 0 Å². The number of carbonyl (C=O) groups is 2. The summed E-state index contributed by atoms with van der Waals surface area (Å²) < 4.78 is 5.21. The fraction of sp³-hybridized carbons (Fsp3) is 0.500. The number of ether oxygens (including phenoxy) is 1. The first-order valence-electron chi connectivity index (χ1n) is 11.3. The van der Waals surface area contributed by atoms with Crippen LogP contribution in [-0.2, 0) is 29.0 Å². The summed E-state index contributed by atoms with van der Waals surface area (Å²) in [6.07, 6.45) is 3.94. The molecule has 1 fully saturated rings. The number of benzene rings is 1. The Morgan fingerprint density at radius 3 is 2.62 bits per heavy atom. The number of hydrogen-bond donors (Lipinski definition) is 1. The highest BCUT2D eigenvalue weighted by molar-refractivity contribution is 5.79. The van der Waals surface area contributed by atoms with Crippen molar-refractivity contribution < 1.29 is 14.3 Å². The number of nitrogens with one attached hydrogen (secondary N) is 1. The monoisotopic (exact) mass is 437 g/mol. The molecule has 1 aromatic carbocycles. The number of rotatable bonds is 5. The molecule has 0 radical (unpaired) electrons. The van der Waals surface area contributed by atoms with Gasteiger partial charge in [0, 0.05) is 39.0 Å². The molecule has 0 saturated carbocycles. The molecule has 0 spiro atoms. The van der Waals surface area contributed by atoms with Gasteiger partial charge in [0.25, 0.3) is 0 Å². The van der Waals surface area contributed by atoms with Gasteiger partial charge in [-0.15, -0.1) is 0 Å². The third kappa shape index (κ3) is 4.54. The summed E-state index contributed by atoms with van der Waals surface area (Å²) in [5, 5.41) is 3.18. The zero-order chi connectivity index (χ0) is 22.7. The predicted octanol–water partition coefficient (Wildman–Crippen LogP) is 2.73. The summed E-state index contributed by atoms with van der Waals surface area (Å²) in [4.78, 5) is 38.6. The molecule has 0 bridgehead atoms. The van der Waals surface area contributed by atoms with E-state index in [4.69, 9.17) is 14.7 Å². The molecular formula is C24H31N5O3. The van der Waals surface area contributed by atoms with Crippen molar-refractivity contribution >= 4 is 17.6 Å². The zero-order valence-corrected chi connectivity index (χ0v) is 19.1. The number of carbonyl (C=O) groups excluding carboxylic acids is 2. The van der Waals surface area contributed by atoms with Crippen molar-refractivity contribution in [3.05, 3.63) is 46.9 Å². The zero-order valence-electron chi connectivity index (χ0n) is 19.1. The smallest absolute Gasteiger partial charge is 0.227 e. The van der Waals surface area contributed by atoms with E-state index in [9.17, 15) is 9.59 Å². The number of methoxy groups -OCH3 is 1. The van der Waals surface area contributed by atoms with Gasteiger partial charge in [-0.3, -0.25) is 9.59 Å². The summed E-state index contributed by atoms with van der Waals surface area (Å²) in [7, 11) is 3.47. The highest BCUT2D eigenvalue weighted by Gasteiger charge is 2.32. The molecule has 170 valence electrons. The maximum absolute atomic E-state index is 13.2. The van der Waals surface area contributed by atoms with E-state index in [-0.39, 0.29) is 17.9 Å². The molecule has 2 aliphatic rings. The fourth-order valence-electron chi connectivity index (χ4n) is 4.58. The molecule has 1 N–H and O–H groups in total. The van der Waals surface area contributed by atoms with E-state index in [0.717, 1.165) is 47.7 Å². The van der Waals surface area contributed by atoms with E-state index >= 15 is 0 Å². The van der Waals surface area contributed by atoms with Gasteiger partial charge >= 0.3 is 0 Å². The minimum Gasteiger partial charge on any atom is -0.497 e. The normalized spacial score (nSPS) is 18.2. The van der Waals surface area contributed by atoms with Crippen molar-refractivity contribution in [2.45, 2.75) is 51.6 Å². The van der Waals surface area contributed by atoms with Crippen LogP contribution in [0, 0.1) is 0 Å². The molecule has 8 nitrogen and oxygen atoms in total. The molecule has 32 heavy (non-hydrogen) atoms. The Kier molecular flexibility index (Phi) is 6.58. The lowest BCUT2D eigenvalue weighted by atomic mass is 9.98. The second kappa shape index (κ2) is 9.54. The van der Waals surface area contributed by atoms with Crippen molar-refractivity contribution in [1.29, 1.82) is 0 Å². The van der Waals surface area contributed by atoms with Gasteiger partial charge in [-0.25, -0.2) is 9.97 Å². The van der Waals surface area contributed by atoms with Gasteiger partial charge in [-0.1, -0.05) is 12.1 Å². The van der Waals surface area contributed by atoms with Gasteiger partial charge in [0.2, 0.25) is 11.8 Å². The number of aromatic nitrogens is 2. The lowest BCUT2D eigenvalue weighted by molar-refractivity contribution is -0.134. The SMILES string of the molecule is CNc1nc(C2CCCCN2C(=O)Cc2ccc(OC)cc2)nc2c1CN(C(C)=O)CC2. The van der Waals surface area contributed by atoms with Crippen molar-refractivity contribution in [2.75, 3.05) is 32.6 Å². The number of amides is 2. The average Bonchev–Trinajstić information content (AvgIpc) is 2.83. The first-order chi connectivity index (χ1) is 15.5. The van der Waals surface area contributed by atoms with Crippen LogP contribution in [0.2, 0.25) is 0 Å². The Balaban J connectivity index is 1.58. The molecule has 2 aliphatic heterocycles. The molecular weight excluding hydrogens is 406 g/mol. The summed E-state index contributed by atoms with van der Waals surface area (Å²) in [5.74, 6) is 2.39. The molecule has 1 unspecified atom stereocenters. The quantitative estimate of drug-likeness (QED) is 0.774. The molecule has 8 heteroatoms. The van der Waals surface area contributed by atoms with Crippen LogP contribution < -0.4 is 10.1 Å². The van der Waals surface area contributed by atoms with Crippen LogP contribution in [0.15, 0.2) is 24.3 Å². The average molecular weight is 438 g/mol. The van der Waals surface area contributed by atoms with Gasteiger partial charge in [-0.05, 0) is 37.0 Å². The maximum atomic E-state index is 13.2. The topological polar surface area (TPSA) is 87.7 Å². The minimum atomic E-state index is -0.127. The minimum absolute atomic E-state index is 0.0596. The third-order valence-electron chi connectivity index (χ3n) is 6.40. The van der Waals surface area contributed by atoms with Crippen molar-refractivity contribution in [2.24, 2.45) is 0 Å². The highest BCUT2D eigenvalue weighted by atomic mass is 16.5. The number of hydrogen-bond acceptors (Lipinski definition) is 6. The van der Waals surface area contributed by atoms with Gasteiger partial charge in [0.15, 0.2) is 5.82 Å². The van der Waals surface area contributed by atoms with E-state index < -0.39 is 0 Å². The Morgan fingerprint density at radius 1 is 1.16 bits per heavy atom. The number of piperidine rings is 1. The summed E-state index contributed by atoms with van der Waals surface area (Å²) >= 11 is 0. The van der Waals surface area contributed by atoms with E-state index in [2.05, 4.69) is 5.32 Å². The van der Waals surface area contributed by atoms with Crippen molar-refractivity contribution in [3.8, 4) is 5.75 Å². The van der Waals surface area contributed by atoms with Crippen molar-refractivity contribution in [3.63, 3.8) is 0 Å². The first-order valence-corrected chi connectivity index (χ1v) is 11.3. The second-order valence-corrected chi connectivity index (χ2v) is 8.42. The Hall–Kier alpha value is -3.16. The lowest BCUT2D eigenvalue weighted by Gasteiger charge is -2.36. The van der Waals surface area contributed by atoms with Gasteiger partial charge in [-0.2, -0.15) is 0 Å². The largest absolute Gasteiger partial charge is 0.497 e. The Morgan fingerprint density at radius 2 is 1.94 bits per heavy atom. The van der Waals surface area contributed by atoms with Gasteiger partial charge in [0.1, 0.15) is 11.6 Å². The summed E-state index contributed by atoms with van der Waals surface area (Å²) in [5.41, 5.74) is 2.92. The Labute approximate surface area is 189 Å². The number of nitrogens with zero attached hydrogens (tertiary/aromatic N) is 4. The highest BCUT2D eigenvalue weighted by Crippen LogP contribution is 2.33. The summed E-state index contributed by atoms with van der Waals surface area (Å²) in [6.45, 7) is 3.49. The van der Waals surface area contributed by atoms with Crippen LogP contribution in [0.4, 0.5) is 5.82 Å². The number of fused-ring (bicyclic) bond motifs is 1. The number of anilines is 1. The summed E-state index contributed by atoms with van der Waals surface area (Å²) in [6, 6.07) is 7.51. The fourth-order valence-corrected chi connectivity index (χ4v) is 4.58. The van der Waals surface area contributed by atoms with Crippen LogP contribution in [0.1, 0.15) is 54.9 Å². The van der Waals surface area contributed by atoms with E-state index in [1.54, 1.807) is 14.0 Å². The van der Waals surface area contributed by atoms with Crippen LogP contribution in [0.5, 0.6) is 5.75 Å². The molecule has 2 aromatic rings. The molecule has 3 heterocycles. The lowest BCUT2D eigenvalue weighted by Crippen LogP contribution is -2.41. The maximum Gasteiger partial charge on any atom is 0.227 e. The molecule has 0 aliphatic carbocycles. The van der Waals surface area contributed by atoms with Crippen LogP contribution in [-0.4, -0.2) is 58.8 Å². The standard InChI is InChI=1S/C24H31N5O3/c1-16(30)28-13-11-20-19(15-28)23(25-2)27-24(26-20)21-6-4-5-12-29(21)22(31)14-17-7-9-18(32-3)10-8-17/h7-10,21H,4-6,11-15H2,1-3H3,(H,25,26,27). The van der Waals surface area contributed by atoms with Crippen LogP contribution >= 0.6 is 0 Å². The van der Waals surface area contributed by atoms with E-state index in [0.29, 0.717) is 38.3 Å². The first kappa shape index (κ1) is 22.0. The van der Waals surface area contributed by atoms with Gasteiger partial charge in [0.05, 0.1) is 31.8 Å². The van der Waals surface area contributed by atoms with Crippen LogP contribution in [0.25, 0.3) is 0 Å². The second-order valence-electron chi connectivity index (χ2n) is 8.42. The molecule has 1 saturated heterocycles. The third-order valence-corrected chi connectivity index (χ3v) is 6.40. The molecule has 1 aromatic heterocycles. The number of likely N-dealkylation sites (tertiary alicyclic amines) is 1. The Bertz CT molecular complexity index is 975. The molecule has 2 amide bonds. The molecule has 4 rings (SSSR count). The van der Waals surface area contributed by atoms with Gasteiger partial charge < -0.3 is 19.9 Å². The predicted molar refractivity (Wildman–Crippen MR) is 121 cm³/mol. The van der Waals surface area contributed by atoms with Crippen LogP contribution in [0.3, 0.4) is 0 Å². The van der Waals surface area contributed by atoms with Crippen molar-refractivity contribution in [1.82, 2.24) is 19.8 Å².